The maximum absolute atomic E-state index is 10.4. The Morgan fingerprint density at radius 2 is 2.07 bits per heavy atom. The lowest BCUT2D eigenvalue weighted by atomic mass is 10.2. The van der Waals surface area contributed by atoms with Crippen molar-refractivity contribution in [1.82, 2.24) is 0 Å². The molecule has 0 saturated carbocycles. The fourth-order valence-corrected chi connectivity index (χ4v) is 0.955. The average molecular weight is 211 g/mol. The molecule has 1 N–H and O–H groups in total. The summed E-state index contributed by atoms with van der Waals surface area (Å²) in [7, 11) is 0. The van der Waals surface area contributed by atoms with E-state index in [0.29, 0.717) is 12.4 Å². The number of benzene rings is 1. The number of aliphatic hydroxyl groups excluding tert-OH is 1. The van der Waals surface area contributed by atoms with Gasteiger partial charge in [0.25, 0.3) is 5.69 Å². The van der Waals surface area contributed by atoms with Crippen molar-refractivity contribution in [3.05, 3.63) is 34.4 Å². The van der Waals surface area contributed by atoms with E-state index in [1.807, 2.05) is 6.92 Å². The Hall–Kier alpha value is -1.62. The third-order valence-electron chi connectivity index (χ3n) is 1.89. The van der Waals surface area contributed by atoms with Gasteiger partial charge < -0.3 is 9.84 Å². The van der Waals surface area contributed by atoms with Gasteiger partial charge in [0.05, 0.1) is 11.5 Å². The Morgan fingerprint density at radius 1 is 1.47 bits per heavy atom. The minimum Gasteiger partial charge on any atom is -0.493 e. The topological polar surface area (TPSA) is 72.6 Å². The highest BCUT2D eigenvalue weighted by Gasteiger charge is 2.05. The minimum absolute atomic E-state index is 0.0394. The van der Waals surface area contributed by atoms with E-state index in [9.17, 15) is 10.1 Å². The molecule has 5 nitrogen and oxygen atoms in total. The minimum atomic E-state index is -0.458. The molecule has 1 rings (SSSR count). The van der Waals surface area contributed by atoms with Gasteiger partial charge in [0.1, 0.15) is 5.75 Å². The molecule has 15 heavy (non-hydrogen) atoms. The van der Waals surface area contributed by atoms with Gasteiger partial charge in [-0.1, -0.05) is 6.92 Å². The van der Waals surface area contributed by atoms with Crippen molar-refractivity contribution in [2.45, 2.75) is 6.92 Å². The van der Waals surface area contributed by atoms with Gasteiger partial charge in [0, 0.05) is 24.7 Å². The van der Waals surface area contributed by atoms with Crippen LogP contribution in [0.5, 0.6) is 5.75 Å². The number of hydrogen-bond donors (Lipinski definition) is 1. The Morgan fingerprint density at radius 3 is 2.53 bits per heavy atom. The zero-order chi connectivity index (χ0) is 11.3. The van der Waals surface area contributed by atoms with E-state index in [-0.39, 0.29) is 18.2 Å². The molecule has 0 aromatic heterocycles. The summed E-state index contributed by atoms with van der Waals surface area (Å²) in [6.07, 6.45) is 0. The van der Waals surface area contributed by atoms with Crippen molar-refractivity contribution >= 4 is 5.69 Å². The molecule has 0 aliphatic carbocycles. The highest BCUT2D eigenvalue weighted by molar-refractivity contribution is 5.35. The van der Waals surface area contributed by atoms with E-state index in [0.717, 1.165) is 0 Å². The summed E-state index contributed by atoms with van der Waals surface area (Å²) in [6.45, 7) is 2.31. The summed E-state index contributed by atoms with van der Waals surface area (Å²) in [5.41, 5.74) is 0.0394. The molecule has 1 atom stereocenters. The van der Waals surface area contributed by atoms with Gasteiger partial charge in [0.2, 0.25) is 0 Å². The molecule has 0 saturated heterocycles. The van der Waals surface area contributed by atoms with E-state index in [1.54, 1.807) is 12.1 Å². The first-order chi connectivity index (χ1) is 7.13. The molecule has 0 heterocycles. The standard InChI is InChI=1S/C10H13NO4/c1-8(6-12)7-15-10-4-2-9(3-5-10)11(13)14/h2-5,8,12H,6-7H2,1H3/t8-/m1/s1. The first-order valence-corrected chi connectivity index (χ1v) is 4.61. The molecule has 0 amide bonds. The van der Waals surface area contributed by atoms with Gasteiger partial charge in [-0.2, -0.15) is 0 Å². The second-order valence-electron chi connectivity index (χ2n) is 3.35. The summed E-state index contributed by atoms with van der Waals surface area (Å²) in [5.74, 6) is 0.626. The van der Waals surface area contributed by atoms with Crippen LogP contribution in [0.4, 0.5) is 5.69 Å². The fraction of sp³-hybridized carbons (Fsp3) is 0.400. The molecule has 0 bridgehead atoms. The molecular formula is C10H13NO4. The van der Waals surface area contributed by atoms with Crippen LogP contribution in [0.2, 0.25) is 0 Å². The Labute approximate surface area is 87.5 Å². The predicted molar refractivity (Wildman–Crippen MR) is 54.8 cm³/mol. The quantitative estimate of drug-likeness (QED) is 0.593. The maximum Gasteiger partial charge on any atom is 0.269 e. The Balaban J connectivity index is 2.53. The van der Waals surface area contributed by atoms with Crippen LogP contribution in [-0.4, -0.2) is 23.2 Å². The summed E-state index contributed by atoms with van der Waals surface area (Å²) in [5, 5.41) is 19.1. The third kappa shape index (κ3) is 3.55. The molecule has 82 valence electrons. The van der Waals surface area contributed by atoms with E-state index in [2.05, 4.69) is 0 Å². The van der Waals surface area contributed by atoms with Crippen molar-refractivity contribution < 1.29 is 14.8 Å². The van der Waals surface area contributed by atoms with Crippen LogP contribution in [0, 0.1) is 16.0 Å². The largest absolute Gasteiger partial charge is 0.493 e. The number of nitro benzene ring substituents is 1. The number of nitrogens with zero attached hydrogens (tertiary/aromatic N) is 1. The molecular weight excluding hydrogens is 198 g/mol. The highest BCUT2D eigenvalue weighted by Crippen LogP contribution is 2.17. The van der Waals surface area contributed by atoms with Gasteiger partial charge in [0.15, 0.2) is 0 Å². The number of rotatable bonds is 5. The highest BCUT2D eigenvalue weighted by atomic mass is 16.6. The third-order valence-corrected chi connectivity index (χ3v) is 1.89. The summed E-state index contributed by atoms with van der Waals surface area (Å²) < 4.78 is 5.31. The number of ether oxygens (including phenoxy) is 1. The van der Waals surface area contributed by atoms with Crippen LogP contribution in [-0.2, 0) is 0 Å². The van der Waals surface area contributed by atoms with Gasteiger partial charge in [-0.05, 0) is 12.1 Å². The lowest BCUT2D eigenvalue weighted by Crippen LogP contribution is -2.11. The van der Waals surface area contributed by atoms with Crippen molar-refractivity contribution in [3.63, 3.8) is 0 Å². The van der Waals surface area contributed by atoms with E-state index < -0.39 is 4.92 Å². The molecule has 5 heteroatoms. The first-order valence-electron chi connectivity index (χ1n) is 4.61. The summed E-state index contributed by atoms with van der Waals surface area (Å²) in [4.78, 5) is 9.90. The van der Waals surface area contributed by atoms with Crippen molar-refractivity contribution in [2.75, 3.05) is 13.2 Å². The van der Waals surface area contributed by atoms with Crippen molar-refractivity contribution in [1.29, 1.82) is 0 Å². The van der Waals surface area contributed by atoms with E-state index in [4.69, 9.17) is 9.84 Å². The first kappa shape index (κ1) is 11.5. The Kier molecular flexibility index (Phi) is 4.05. The Bertz CT molecular complexity index is 323. The van der Waals surface area contributed by atoms with Crippen molar-refractivity contribution in [3.8, 4) is 5.75 Å². The van der Waals surface area contributed by atoms with Gasteiger partial charge in [-0.15, -0.1) is 0 Å². The predicted octanol–water partition coefficient (Wildman–Crippen LogP) is 1.60. The number of aliphatic hydroxyl groups is 1. The van der Waals surface area contributed by atoms with Crippen LogP contribution in [0.3, 0.4) is 0 Å². The van der Waals surface area contributed by atoms with Crippen LogP contribution in [0.15, 0.2) is 24.3 Å². The lowest BCUT2D eigenvalue weighted by Gasteiger charge is -2.09. The van der Waals surface area contributed by atoms with Gasteiger partial charge >= 0.3 is 0 Å². The summed E-state index contributed by atoms with van der Waals surface area (Å²) in [6, 6.07) is 5.86. The molecule has 1 aromatic rings. The summed E-state index contributed by atoms with van der Waals surface area (Å²) >= 11 is 0. The van der Waals surface area contributed by atoms with Gasteiger partial charge in [-0.25, -0.2) is 0 Å². The van der Waals surface area contributed by atoms with E-state index in [1.165, 1.54) is 12.1 Å². The zero-order valence-corrected chi connectivity index (χ0v) is 8.42. The number of nitro groups is 1. The maximum atomic E-state index is 10.4. The molecule has 1 aromatic carbocycles. The molecule has 0 aliphatic rings. The second-order valence-corrected chi connectivity index (χ2v) is 3.35. The SMILES string of the molecule is C[C@H](CO)COc1ccc([N+](=O)[O-])cc1. The normalized spacial score (nSPS) is 12.1. The molecule has 0 aliphatic heterocycles. The van der Waals surface area contributed by atoms with Crippen LogP contribution >= 0.6 is 0 Å². The van der Waals surface area contributed by atoms with Crippen LogP contribution in [0.1, 0.15) is 6.92 Å². The smallest absolute Gasteiger partial charge is 0.269 e. The number of hydrogen-bond acceptors (Lipinski definition) is 4. The number of non-ortho nitro benzene ring substituents is 1. The lowest BCUT2D eigenvalue weighted by molar-refractivity contribution is -0.384. The zero-order valence-electron chi connectivity index (χ0n) is 8.42. The average Bonchev–Trinajstić information content (AvgIpc) is 2.26. The van der Waals surface area contributed by atoms with Gasteiger partial charge in [-0.3, -0.25) is 10.1 Å². The van der Waals surface area contributed by atoms with Crippen molar-refractivity contribution in [2.24, 2.45) is 5.92 Å². The molecule has 0 radical (unpaired) electrons. The monoisotopic (exact) mass is 211 g/mol. The molecule has 0 spiro atoms. The fourth-order valence-electron chi connectivity index (χ4n) is 0.955. The second kappa shape index (κ2) is 5.31. The molecule has 0 unspecified atom stereocenters. The van der Waals surface area contributed by atoms with E-state index >= 15 is 0 Å². The van der Waals surface area contributed by atoms with Crippen LogP contribution in [0.25, 0.3) is 0 Å². The van der Waals surface area contributed by atoms with Crippen LogP contribution < -0.4 is 4.74 Å². The molecule has 0 fully saturated rings.